The van der Waals surface area contributed by atoms with Crippen molar-refractivity contribution in [3.8, 4) is 22.6 Å². The van der Waals surface area contributed by atoms with Gasteiger partial charge >= 0.3 is 5.97 Å². The Bertz CT molecular complexity index is 1220. The summed E-state index contributed by atoms with van der Waals surface area (Å²) < 4.78 is 12.1. The van der Waals surface area contributed by atoms with Gasteiger partial charge in [0, 0.05) is 5.92 Å². The number of aliphatic carboxylic acids is 1. The second-order valence-electron chi connectivity index (χ2n) is 10.5. The minimum absolute atomic E-state index is 0.0807. The van der Waals surface area contributed by atoms with Gasteiger partial charge < -0.3 is 14.6 Å². The monoisotopic (exact) mass is 468 g/mol. The van der Waals surface area contributed by atoms with Gasteiger partial charge in [-0.15, -0.1) is 0 Å². The van der Waals surface area contributed by atoms with Crippen LogP contribution in [-0.2, 0) is 11.2 Å². The third-order valence-electron chi connectivity index (χ3n) is 7.81. The molecule has 3 aromatic rings. The van der Waals surface area contributed by atoms with Crippen molar-refractivity contribution in [2.24, 2.45) is 11.8 Å². The Morgan fingerprint density at radius 2 is 1.77 bits per heavy atom. The van der Waals surface area contributed by atoms with Crippen LogP contribution in [0.2, 0.25) is 0 Å². The van der Waals surface area contributed by atoms with Gasteiger partial charge in [0.15, 0.2) is 0 Å². The molecular weight excluding hydrogens is 436 g/mol. The van der Waals surface area contributed by atoms with Gasteiger partial charge in [0.2, 0.25) is 0 Å². The van der Waals surface area contributed by atoms with Crippen LogP contribution < -0.4 is 9.47 Å². The first-order valence-electron chi connectivity index (χ1n) is 12.9. The minimum atomic E-state index is -0.710. The number of benzene rings is 3. The Balaban J connectivity index is 1.19. The second-order valence-corrected chi connectivity index (χ2v) is 10.5. The number of hydrogen-bond donors (Lipinski definition) is 1. The summed E-state index contributed by atoms with van der Waals surface area (Å²) in [5.41, 5.74) is 5.96. The van der Waals surface area contributed by atoms with Crippen LogP contribution in [0.1, 0.15) is 61.1 Å². The third-order valence-corrected chi connectivity index (χ3v) is 7.81. The van der Waals surface area contributed by atoms with E-state index in [1.165, 1.54) is 22.3 Å². The molecule has 4 heteroatoms. The fourth-order valence-corrected chi connectivity index (χ4v) is 5.49. The second kappa shape index (κ2) is 9.07. The molecule has 35 heavy (non-hydrogen) atoms. The number of rotatable bonds is 8. The number of fused-ring (bicyclic) bond motifs is 1. The fourth-order valence-electron chi connectivity index (χ4n) is 5.49. The third kappa shape index (κ3) is 4.80. The summed E-state index contributed by atoms with van der Waals surface area (Å²) >= 11 is 0. The molecule has 0 radical (unpaired) electrons. The summed E-state index contributed by atoms with van der Waals surface area (Å²) in [6.07, 6.45) is 5.88. The summed E-state index contributed by atoms with van der Waals surface area (Å²) in [5, 5.41) is 9.65. The van der Waals surface area contributed by atoms with E-state index >= 15 is 0 Å². The molecule has 180 valence electrons. The van der Waals surface area contributed by atoms with E-state index in [4.69, 9.17) is 9.47 Å². The zero-order valence-corrected chi connectivity index (χ0v) is 20.2. The van der Waals surface area contributed by atoms with Gasteiger partial charge in [-0.25, -0.2) is 0 Å². The molecule has 0 saturated heterocycles. The first-order chi connectivity index (χ1) is 17.0. The largest absolute Gasteiger partial charge is 0.493 e. The highest BCUT2D eigenvalue weighted by molar-refractivity contribution is 5.71. The van der Waals surface area contributed by atoms with Gasteiger partial charge in [-0.05, 0) is 90.0 Å². The van der Waals surface area contributed by atoms with Crippen molar-refractivity contribution in [1.29, 1.82) is 0 Å². The Hall–Kier alpha value is -3.27. The van der Waals surface area contributed by atoms with Gasteiger partial charge in [-0.3, -0.25) is 4.79 Å². The van der Waals surface area contributed by atoms with Gasteiger partial charge in [0.1, 0.15) is 11.5 Å². The van der Waals surface area contributed by atoms with E-state index in [2.05, 4.69) is 54.6 Å². The fraction of sp³-hybridized carbons (Fsp3) is 0.387. The lowest BCUT2D eigenvalue weighted by atomic mass is 9.81. The molecule has 1 N–H and O–H groups in total. The molecule has 1 unspecified atom stereocenters. The highest BCUT2D eigenvalue weighted by Crippen LogP contribution is 2.48. The minimum Gasteiger partial charge on any atom is -0.493 e. The van der Waals surface area contributed by atoms with Gasteiger partial charge in [-0.2, -0.15) is 0 Å². The van der Waals surface area contributed by atoms with Crippen LogP contribution in [0.3, 0.4) is 0 Å². The van der Waals surface area contributed by atoms with E-state index in [9.17, 15) is 9.90 Å². The molecule has 0 spiro atoms. The highest BCUT2D eigenvalue weighted by atomic mass is 16.5. The molecule has 4 nitrogen and oxygen atoms in total. The van der Waals surface area contributed by atoms with Crippen molar-refractivity contribution in [3.05, 3.63) is 83.4 Å². The predicted octanol–water partition coefficient (Wildman–Crippen LogP) is 6.83. The van der Waals surface area contributed by atoms with Crippen LogP contribution in [0.4, 0.5) is 0 Å². The number of ether oxygens (including phenoxy) is 2. The first kappa shape index (κ1) is 22.2. The molecule has 0 aromatic heterocycles. The molecule has 2 aliphatic carbocycles. The topological polar surface area (TPSA) is 55.8 Å². The van der Waals surface area contributed by atoms with Crippen molar-refractivity contribution < 1.29 is 19.4 Å². The summed E-state index contributed by atoms with van der Waals surface area (Å²) in [4.78, 5) is 11.7. The molecule has 3 atom stereocenters. The first-order valence-corrected chi connectivity index (χ1v) is 12.9. The van der Waals surface area contributed by atoms with Crippen LogP contribution in [0.15, 0.2) is 66.7 Å². The Kier molecular flexibility index (Phi) is 5.75. The molecule has 0 bridgehead atoms. The van der Waals surface area contributed by atoms with Crippen molar-refractivity contribution in [3.63, 3.8) is 0 Å². The lowest BCUT2D eigenvalue weighted by molar-refractivity contribution is -0.142. The van der Waals surface area contributed by atoms with E-state index in [1.54, 1.807) is 0 Å². The number of carbonyl (C=O) groups is 1. The maximum Gasteiger partial charge on any atom is 0.306 e. The molecule has 0 amide bonds. The number of carboxylic acids is 1. The average Bonchev–Trinajstić information content (AvgIpc) is 3.81. The summed E-state index contributed by atoms with van der Waals surface area (Å²) in [7, 11) is 0. The van der Waals surface area contributed by atoms with E-state index in [0.717, 1.165) is 49.2 Å². The Morgan fingerprint density at radius 1 is 0.971 bits per heavy atom. The lowest BCUT2D eigenvalue weighted by Gasteiger charge is -2.28. The molecule has 6 rings (SSSR count). The molecular formula is C31H32O4. The van der Waals surface area contributed by atoms with Gasteiger partial charge in [0.05, 0.1) is 18.6 Å². The highest BCUT2D eigenvalue weighted by Gasteiger charge is 2.39. The Labute approximate surface area is 206 Å². The SMILES string of the molecule is C[C@H](C(=O)O)[C@H](c1ccc2c(c1)CC(c1ccc(-c3cccc(OC4CC4)c3)cc1)CO2)C1CC1. The van der Waals surface area contributed by atoms with E-state index in [1.807, 2.05) is 19.1 Å². The summed E-state index contributed by atoms with van der Waals surface area (Å²) in [6, 6.07) is 23.5. The maximum atomic E-state index is 11.7. The Morgan fingerprint density at radius 3 is 2.49 bits per heavy atom. The zero-order valence-electron chi connectivity index (χ0n) is 20.2. The molecule has 1 heterocycles. The van der Waals surface area contributed by atoms with E-state index in [0.29, 0.717) is 18.6 Å². The van der Waals surface area contributed by atoms with Crippen LogP contribution in [0, 0.1) is 11.8 Å². The predicted molar refractivity (Wildman–Crippen MR) is 136 cm³/mol. The summed E-state index contributed by atoms with van der Waals surface area (Å²) in [6.45, 7) is 2.51. The van der Waals surface area contributed by atoms with Crippen molar-refractivity contribution in [1.82, 2.24) is 0 Å². The molecule has 1 aliphatic heterocycles. The van der Waals surface area contributed by atoms with Crippen LogP contribution in [-0.4, -0.2) is 23.8 Å². The van der Waals surface area contributed by atoms with E-state index in [-0.39, 0.29) is 17.8 Å². The average molecular weight is 469 g/mol. The quantitative estimate of drug-likeness (QED) is 0.394. The van der Waals surface area contributed by atoms with Crippen molar-refractivity contribution in [2.75, 3.05) is 6.61 Å². The van der Waals surface area contributed by atoms with Crippen molar-refractivity contribution >= 4 is 5.97 Å². The van der Waals surface area contributed by atoms with Crippen molar-refractivity contribution in [2.45, 2.75) is 57.0 Å². The van der Waals surface area contributed by atoms with Crippen LogP contribution >= 0.6 is 0 Å². The standard InChI is InChI=1S/C31H32O4/c1-19(31(32)33)30(22-9-10-22)24-11-14-29-25(15-24)16-26(18-34-29)21-7-5-20(6-8-21)23-3-2-4-28(17-23)35-27-12-13-27/h2-8,11,14-15,17,19,22,26-27,30H,9-10,12-13,16,18H2,1H3,(H,32,33)/t19-,26?,30-/m0/s1. The lowest BCUT2D eigenvalue weighted by Crippen LogP contribution is -2.22. The number of hydrogen-bond acceptors (Lipinski definition) is 3. The molecule has 2 fully saturated rings. The molecule has 2 saturated carbocycles. The van der Waals surface area contributed by atoms with Gasteiger partial charge in [0.25, 0.3) is 0 Å². The van der Waals surface area contributed by atoms with Gasteiger partial charge in [-0.1, -0.05) is 55.5 Å². The number of carboxylic acid groups (broad SMARTS) is 1. The smallest absolute Gasteiger partial charge is 0.306 e. The molecule has 3 aromatic carbocycles. The normalized spacial score (nSPS) is 20.9. The summed E-state index contributed by atoms with van der Waals surface area (Å²) in [5.74, 6) is 1.65. The maximum absolute atomic E-state index is 11.7. The zero-order chi connectivity index (χ0) is 23.9. The van der Waals surface area contributed by atoms with Crippen LogP contribution in [0.25, 0.3) is 11.1 Å². The van der Waals surface area contributed by atoms with Crippen LogP contribution in [0.5, 0.6) is 11.5 Å². The van der Waals surface area contributed by atoms with E-state index < -0.39 is 5.97 Å². The molecule has 3 aliphatic rings.